The van der Waals surface area contributed by atoms with E-state index in [-0.39, 0.29) is 7.92 Å². The number of carbonyl (C=O) groups is 1. The molecule has 0 amide bonds. The van der Waals surface area contributed by atoms with Gasteiger partial charge < -0.3 is 0 Å². The van der Waals surface area contributed by atoms with Crippen molar-refractivity contribution in [1.82, 2.24) is 0 Å². The van der Waals surface area contributed by atoms with Gasteiger partial charge in [-0.1, -0.05) is 0 Å². The zero-order chi connectivity index (χ0) is 8.85. The van der Waals surface area contributed by atoms with Crippen molar-refractivity contribution in [1.29, 1.82) is 0 Å². The molecular formula is C6H8NO3P. The van der Waals surface area contributed by atoms with E-state index in [4.69, 9.17) is 10.8 Å². The second-order valence-electron chi connectivity index (χ2n) is 1.92. The van der Waals surface area contributed by atoms with E-state index in [0.29, 0.717) is 5.57 Å². The number of carboxylic acid groups (broad SMARTS) is 1. The third-order valence-electron chi connectivity index (χ3n) is 0.937. The Hall–Kier alpha value is -0.820. The predicted molar refractivity (Wildman–Crippen MR) is 40.9 cm³/mol. The summed E-state index contributed by atoms with van der Waals surface area (Å²) >= 11 is 0. The van der Waals surface area contributed by atoms with Gasteiger partial charge >= 0.3 is 64.3 Å². The average molecular weight is 173 g/mol. The first-order valence-electron chi connectivity index (χ1n) is 2.83. The van der Waals surface area contributed by atoms with Gasteiger partial charge in [0, 0.05) is 0 Å². The minimum absolute atomic E-state index is 0.269. The van der Waals surface area contributed by atoms with Gasteiger partial charge in [0.2, 0.25) is 0 Å². The molecule has 0 aromatic heterocycles. The van der Waals surface area contributed by atoms with Gasteiger partial charge in [-0.2, -0.15) is 0 Å². The Labute approximate surface area is 65.2 Å². The molecule has 0 radical (unpaired) electrons. The van der Waals surface area contributed by atoms with Crippen molar-refractivity contribution in [3.05, 3.63) is 11.6 Å². The van der Waals surface area contributed by atoms with Crippen LogP contribution in [0, 0.1) is 5.63 Å². The van der Waals surface area contributed by atoms with E-state index in [2.05, 4.69) is 5.63 Å². The van der Waals surface area contributed by atoms with Crippen LogP contribution in [-0.4, -0.2) is 17.1 Å². The SMILES string of the molecule is C/C(C#P=O)=C\C(N)C(=O)O. The van der Waals surface area contributed by atoms with E-state index in [0.717, 1.165) is 0 Å². The minimum atomic E-state index is -1.12. The van der Waals surface area contributed by atoms with E-state index < -0.39 is 12.0 Å². The summed E-state index contributed by atoms with van der Waals surface area (Å²) in [4.78, 5) is 10.2. The first kappa shape index (κ1) is 10.2. The molecule has 60 valence electrons. The zero-order valence-electron chi connectivity index (χ0n) is 5.94. The summed E-state index contributed by atoms with van der Waals surface area (Å²) in [6.45, 7) is 1.58. The third-order valence-corrected chi connectivity index (χ3v) is 1.38. The monoisotopic (exact) mass is 173 g/mol. The number of allylic oxidation sites excluding steroid dienone is 1. The van der Waals surface area contributed by atoms with Crippen molar-refractivity contribution in [3.8, 4) is 5.63 Å². The van der Waals surface area contributed by atoms with Crippen LogP contribution in [0.4, 0.5) is 0 Å². The molecule has 11 heavy (non-hydrogen) atoms. The first-order chi connectivity index (χ1) is 5.07. The van der Waals surface area contributed by atoms with E-state index in [1.54, 1.807) is 6.92 Å². The van der Waals surface area contributed by atoms with Gasteiger partial charge in [-0.15, -0.1) is 0 Å². The molecule has 0 aromatic carbocycles. The van der Waals surface area contributed by atoms with E-state index in [1.807, 2.05) is 0 Å². The number of nitrogens with two attached hydrogens (primary N) is 1. The quantitative estimate of drug-likeness (QED) is 0.599. The Morgan fingerprint density at radius 2 is 2.36 bits per heavy atom. The van der Waals surface area contributed by atoms with Crippen LogP contribution in [0.15, 0.2) is 11.6 Å². The summed E-state index contributed by atoms with van der Waals surface area (Å²) < 4.78 is 9.92. The molecule has 0 fully saturated rings. The van der Waals surface area contributed by atoms with Gasteiger partial charge in [-0.3, -0.25) is 0 Å². The number of carboxylic acids is 1. The summed E-state index contributed by atoms with van der Waals surface area (Å²) in [6, 6.07) is -1.05. The van der Waals surface area contributed by atoms with E-state index >= 15 is 0 Å². The van der Waals surface area contributed by atoms with Crippen molar-refractivity contribution >= 4 is 13.9 Å². The van der Waals surface area contributed by atoms with Gasteiger partial charge in [-0.25, -0.2) is 0 Å². The van der Waals surface area contributed by atoms with Crippen molar-refractivity contribution < 1.29 is 14.5 Å². The average Bonchev–Trinajstić information content (AvgIpc) is 1.87. The fourth-order valence-corrected chi connectivity index (χ4v) is 0.668. The summed E-state index contributed by atoms with van der Waals surface area (Å²) in [7, 11) is -0.269. The number of hydrogen-bond donors (Lipinski definition) is 2. The van der Waals surface area contributed by atoms with E-state index in [9.17, 15) is 9.36 Å². The topological polar surface area (TPSA) is 80.4 Å². The first-order valence-corrected chi connectivity index (χ1v) is 3.64. The molecule has 0 rings (SSSR count). The second kappa shape index (κ2) is 4.91. The molecule has 1 atom stereocenters. The summed E-state index contributed by atoms with van der Waals surface area (Å²) in [5, 5.41) is 8.32. The summed E-state index contributed by atoms with van der Waals surface area (Å²) in [5.41, 5.74) is 7.96. The Morgan fingerprint density at radius 1 is 1.82 bits per heavy atom. The summed E-state index contributed by atoms with van der Waals surface area (Å²) in [5.74, 6) is -1.12. The van der Waals surface area contributed by atoms with Gasteiger partial charge in [-0.05, 0) is 0 Å². The van der Waals surface area contributed by atoms with Crippen LogP contribution < -0.4 is 5.73 Å². The molecule has 0 saturated carbocycles. The summed E-state index contributed by atoms with van der Waals surface area (Å²) in [6.07, 6.45) is 1.27. The van der Waals surface area contributed by atoms with Gasteiger partial charge in [0.15, 0.2) is 0 Å². The molecule has 3 N–H and O–H groups in total. The van der Waals surface area contributed by atoms with Crippen molar-refractivity contribution in [2.75, 3.05) is 0 Å². The Bertz CT molecular complexity index is 277. The Balaban J connectivity index is 4.38. The molecule has 0 saturated heterocycles. The Morgan fingerprint density at radius 3 is 2.73 bits per heavy atom. The second-order valence-corrected chi connectivity index (χ2v) is 2.32. The standard InChI is InChI=1S/C6H8NO3P/c1-4(3-11-10)2-5(7)6(8)9/h2,5H,7H2,1H3,(H,8,9)/b4-2+. The third kappa shape index (κ3) is 4.57. The molecule has 0 heterocycles. The molecular weight excluding hydrogens is 165 g/mol. The molecule has 4 nitrogen and oxygen atoms in total. The van der Waals surface area contributed by atoms with Gasteiger partial charge in [0.05, 0.1) is 0 Å². The molecule has 0 aliphatic rings. The van der Waals surface area contributed by atoms with Crippen LogP contribution in [0.3, 0.4) is 0 Å². The number of rotatable bonds is 2. The zero-order valence-corrected chi connectivity index (χ0v) is 6.84. The molecule has 0 aliphatic carbocycles. The molecule has 0 spiro atoms. The molecule has 0 bridgehead atoms. The normalized spacial score (nSPS) is 13.5. The number of hydrogen-bond acceptors (Lipinski definition) is 3. The van der Waals surface area contributed by atoms with Crippen molar-refractivity contribution in [2.45, 2.75) is 13.0 Å². The van der Waals surface area contributed by atoms with Crippen LogP contribution in [0.2, 0.25) is 0 Å². The van der Waals surface area contributed by atoms with Crippen LogP contribution in [0.1, 0.15) is 6.92 Å². The van der Waals surface area contributed by atoms with Crippen LogP contribution in [0.25, 0.3) is 0 Å². The molecule has 0 aromatic rings. The van der Waals surface area contributed by atoms with Gasteiger partial charge in [0.25, 0.3) is 0 Å². The maximum atomic E-state index is 10.2. The van der Waals surface area contributed by atoms with Crippen LogP contribution in [0.5, 0.6) is 0 Å². The molecule has 0 aliphatic heterocycles. The molecule has 5 heteroatoms. The predicted octanol–water partition coefficient (Wildman–Crippen LogP) is 0.595. The maximum absolute atomic E-state index is 10.2. The van der Waals surface area contributed by atoms with Crippen LogP contribution >= 0.6 is 7.92 Å². The molecule has 1 unspecified atom stereocenters. The van der Waals surface area contributed by atoms with E-state index in [1.165, 1.54) is 6.08 Å². The fourth-order valence-electron chi connectivity index (χ4n) is 0.450. The van der Waals surface area contributed by atoms with Crippen molar-refractivity contribution in [3.63, 3.8) is 0 Å². The number of aliphatic carboxylic acids is 1. The van der Waals surface area contributed by atoms with Gasteiger partial charge in [0.1, 0.15) is 0 Å². The van der Waals surface area contributed by atoms with Crippen LogP contribution in [-0.2, 0) is 9.36 Å². The fraction of sp³-hybridized carbons (Fsp3) is 0.333. The Kier molecular flexibility index (Phi) is 4.55. The van der Waals surface area contributed by atoms with Crippen molar-refractivity contribution in [2.24, 2.45) is 5.73 Å².